The number of amides is 3. The summed E-state index contributed by atoms with van der Waals surface area (Å²) in [7, 11) is 0. The first-order chi connectivity index (χ1) is 15.3. The van der Waals surface area contributed by atoms with E-state index in [2.05, 4.69) is 15.6 Å². The van der Waals surface area contributed by atoms with Crippen molar-refractivity contribution >= 4 is 23.5 Å². The predicted molar refractivity (Wildman–Crippen MR) is 114 cm³/mol. The van der Waals surface area contributed by atoms with Crippen LogP contribution in [0.3, 0.4) is 0 Å². The molecule has 1 aromatic carbocycles. The minimum absolute atomic E-state index is 0.0157. The molecule has 2 aromatic rings. The fourth-order valence-corrected chi connectivity index (χ4v) is 3.17. The molecule has 1 aromatic heterocycles. The molecule has 11 heteroatoms. The van der Waals surface area contributed by atoms with Crippen LogP contribution in [0.25, 0.3) is 0 Å². The predicted octanol–water partition coefficient (Wildman–Crippen LogP) is 5.24. The number of aromatic nitrogens is 1. The molecule has 1 fully saturated rings. The lowest BCUT2D eigenvalue weighted by Gasteiger charge is -2.44. The average molecular weight is 468 g/mol. The number of benzene rings is 1. The maximum atomic E-state index is 14.1. The second-order valence-electron chi connectivity index (χ2n) is 8.63. The second-order valence-corrected chi connectivity index (χ2v) is 8.63. The van der Waals surface area contributed by atoms with Gasteiger partial charge in [-0.05, 0) is 57.0 Å². The van der Waals surface area contributed by atoms with Crippen molar-refractivity contribution in [3.8, 4) is 0 Å². The number of ether oxygens (including phenoxy) is 1. The molecule has 2 atom stereocenters. The third-order valence-corrected chi connectivity index (χ3v) is 4.79. The number of anilines is 2. The zero-order valence-corrected chi connectivity index (χ0v) is 18.2. The molecule has 0 aliphatic carbocycles. The Kier molecular flexibility index (Phi) is 6.80. The Bertz CT molecular complexity index is 989. The van der Waals surface area contributed by atoms with Gasteiger partial charge in [0.05, 0.1) is 24.5 Å². The van der Waals surface area contributed by atoms with Crippen LogP contribution >= 0.6 is 0 Å². The molecular weight excluding hydrogens is 444 g/mol. The number of halogens is 4. The molecule has 0 saturated carbocycles. The third-order valence-electron chi connectivity index (χ3n) is 4.79. The Morgan fingerprint density at radius 2 is 1.67 bits per heavy atom. The summed E-state index contributed by atoms with van der Waals surface area (Å²) in [6.45, 7) is 5.20. The van der Waals surface area contributed by atoms with Crippen LogP contribution < -0.4 is 10.6 Å². The molecule has 2 N–H and O–H groups in total. The van der Waals surface area contributed by atoms with E-state index >= 15 is 0 Å². The lowest BCUT2D eigenvalue weighted by Crippen LogP contribution is -2.62. The van der Waals surface area contributed by atoms with Crippen molar-refractivity contribution in [2.75, 3.05) is 17.2 Å². The van der Waals surface area contributed by atoms with E-state index in [1.54, 1.807) is 45.0 Å². The van der Waals surface area contributed by atoms with E-state index in [-0.39, 0.29) is 18.7 Å². The topological polar surface area (TPSA) is 83.6 Å². The summed E-state index contributed by atoms with van der Waals surface area (Å²) in [4.78, 5) is 28.9. The zero-order valence-electron chi connectivity index (χ0n) is 18.2. The minimum Gasteiger partial charge on any atom is -0.444 e. The number of nitrogens with zero attached hydrogens (tertiary/aromatic N) is 2. The summed E-state index contributed by atoms with van der Waals surface area (Å²) in [5.41, 5.74) is -0.457. The molecule has 1 aliphatic rings. The Labute approximate surface area is 188 Å². The van der Waals surface area contributed by atoms with E-state index < -0.39 is 41.8 Å². The first-order valence-corrected chi connectivity index (χ1v) is 10.2. The van der Waals surface area contributed by atoms with E-state index in [1.807, 2.05) is 0 Å². The van der Waals surface area contributed by atoms with Gasteiger partial charge in [-0.15, -0.1) is 0 Å². The maximum absolute atomic E-state index is 14.1. The molecule has 1 saturated heterocycles. The first kappa shape index (κ1) is 24.3. The monoisotopic (exact) mass is 468 g/mol. The summed E-state index contributed by atoms with van der Waals surface area (Å²) in [5, 5.41) is 4.94. The summed E-state index contributed by atoms with van der Waals surface area (Å²) in [6.07, 6.45) is -5.08. The lowest BCUT2D eigenvalue weighted by molar-refractivity contribution is -0.141. The highest BCUT2D eigenvalue weighted by molar-refractivity contribution is 5.99. The van der Waals surface area contributed by atoms with E-state index in [9.17, 15) is 27.2 Å². The molecule has 0 radical (unpaired) electrons. The smallest absolute Gasteiger partial charge is 0.433 e. The molecule has 2 unspecified atom stereocenters. The van der Waals surface area contributed by atoms with Crippen molar-refractivity contribution < 1.29 is 31.9 Å². The van der Waals surface area contributed by atoms with Gasteiger partial charge in [0.2, 0.25) is 0 Å². The maximum Gasteiger partial charge on any atom is 0.433 e. The molecular formula is C22H24F4N4O3. The highest BCUT2D eigenvalue weighted by atomic mass is 19.4. The first-order valence-electron chi connectivity index (χ1n) is 10.2. The Morgan fingerprint density at radius 3 is 2.18 bits per heavy atom. The van der Waals surface area contributed by atoms with Crippen molar-refractivity contribution in [3.05, 3.63) is 53.9 Å². The standard InChI is InChI=1S/C22H24F4N4O3/c1-21(2,3)33-20(32)30-12-16(23)17(30)10-13-4-6-14(7-5-13)28-19(31)29-15-8-9-18(27-11-15)22(24,25)26/h4-9,11,16-17H,10,12H2,1-3H3,(H2,28,29,31). The fraction of sp³-hybridized carbons (Fsp3) is 0.409. The number of rotatable bonds is 4. The Morgan fingerprint density at radius 1 is 1.06 bits per heavy atom. The third kappa shape index (κ3) is 6.56. The van der Waals surface area contributed by atoms with Crippen molar-refractivity contribution in [2.45, 2.75) is 51.2 Å². The molecule has 0 spiro atoms. The number of likely N-dealkylation sites (tertiary alicyclic amines) is 1. The number of pyridine rings is 1. The van der Waals surface area contributed by atoms with Crippen molar-refractivity contribution in [3.63, 3.8) is 0 Å². The van der Waals surface area contributed by atoms with Gasteiger partial charge in [0.15, 0.2) is 0 Å². The summed E-state index contributed by atoms with van der Waals surface area (Å²) in [5.74, 6) is 0. The van der Waals surface area contributed by atoms with Crippen LogP contribution in [0.4, 0.5) is 38.5 Å². The van der Waals surface area contributed by atoms with Crippen LogP contribution in [0.1, 0.15) is 32.0 Å². The van der Waals surface area contributed by atoms with Gasteiger partial charge in [0.25, 0.3) is 0 Å². The van der Waals surface area contributed by atoms with E-state index in [4.69, 9.17) is 4.74 Å². The van der Waals surface area contributed by atoms with E-state index in [0.717, 1.165) is 23.9 Å². The van der Waals surface area contributed by atoms with Gasteiger partial charge in [-0.3, -0.25) is 4.90 Å². The molecule has 33 heavy (non-hydrogen) atoms. The van der Waals surface area contributed by atoms with Gasteiger partial charge < -0.3 is 15.4 Å². The number of hydrogen-bond acceptors (Lipinski definition) is 4. The number of carbonyl (C=O) groups is 2. The fourth-order valence-electron chi connectivity index (χ4n) is 3.17. The quantitative estimate of drug-likeness (QED) is 0.601. The minimum atomic E-state index is -4.56. The van der Waals surface area contributed by atoms with Crippen LogP contribution in [0.5, 0.6) is 0 Å². The van der Waals surface area contributed by atoms with Gasteiger partial charge in [0.1, 0.15) is 17.5 Å². The Balaban J connectivity index is 1.53. The summed E-state index contributed by atoms with van der Waals surface area (Å²) >= 11 is 0. The van der Waals surface area contributed by atoms with Gasteiger partial charge in [-0.2, -0.15) is 13.2 Å². The van der Waals surface area contributed by atoms with Crippen molar-refractivity contribution in [2.24, 2.45) is 0 Å². The molecule has 7 nitrogen and oxygen atoms in total. The van der Waals surface area contributed by atoms with E-state index in [0.29, 0.717) is 5.69 Å². The van der Waals surface area contributed by atoms with Gasteiger partial charge in [-0.25, -0.2) is 19.0 Å². The van der Waals surface area contributed by atoms with Crippen LogP contribution in [0, 0.1) is 0 Å². The summed E-state index contributed by atoms with van der Waals surface area (Å²) in [6, 6.07) is 7.15. The Hall–Kier alpha value is -3.37. The van der Waals surface area contributed by atoms with Crippen LogP contribution in [0.2, 0.25) is 0 Å². The average Bonchev–Trinajstić information content (AvgIpc) is 2.69. The van der Waals surface area contributed by atoms with Crippen molar-refractivity contribution in [1.29, 1.82) is 0 Å². The highest BCUT2D eigenvalue weighted by Gasteiger charge is 2.44. The molecule has 2 heterocycles. The normalized spacial score (nSPS) is 18.3. The van der Waals surface area contributed by atoms with Gasteiger partial charge >= 0.3 is 18.3 Å². The molecule has 3 amide bonds. The molecule has 1 aliphatic heterocycles. The SMILES string of the molecule is CC(C)(C)OC(=O)N1CC(F)C1Cc1ccc(NC(=O)Nc2ccc(C(F)(F)F)nc2)cc1. The number of alkyl halides is 4. The summed E-state index contributed by atoms with van der Waals surface area (Å²) < 4.78 is 57.0. The highest BCUT2D eigenvalue weighted by Crippen LogP contribution is 2.29. The number of nitrogens with one attached hydrogen (secondary N) is 2. The molecule has 0 bridgehead atoms. The van der Waals surface area contributed by atoms with Crippen LogP contribution in [0.15, 0.2) is 42.6 Å². The van der Waals surface area contributed by atoms with Gasteiger partial charge in [0, 0.05) is 5.69 Å². The molecule has 178 valence electrons. The number of hydrogen-bond donors (Lipinski definition) is 2. The van der Waals surface area contributed by atoms with Crippen LogP contribution in [-0.4, -0.2) is 46.4 Å². The largest absolute Gasteiger partial charge is 0.444 e. The van der Waals surface area contributed by atoms with Crippen molar-refractivity contribution in [1.82, 2.24) is 9.88 Å². The molecule has 3 rings (SSSR count). The number of carbonyl (C=O) groups excluding carboxylic acids is 2. The van der Waals surface area contributed by atoms with Gasteiger partial charge in [-0.1, -0.05) is 12.1 Å². The second kappa shape index (κ2) is 9.24. The zero-order chi connectivity index (χ0) is 24.4. The van der Waals surface area contributed by atoms with E-state index in [1.165, 1.54) is 4.90 Å². The lowest BCUT2D eigenvalue weighted by atomic mass is 9.94. The number of urea groups is 1. The van der Waals surface area contributed by atoms with Crippen LogP contribution in [-0.2, 0) is 17.3 Å².